The molecule has 1 aliphatic rings. The standard InChI is InChI=1S/C6H14N2O.C2H6O4S2/c1-6(9)8-4-2-7-3-5-8;1-2-7-6-8(3,4)5/h6-7,9H,2-5H2,1H3;2H2,1H3,(H,3,4,5). The Morgan fingerprint density at radius 1 is 1.47 bits per heavy atom. The first-order valence-electron chi connectivity index (χ1n) is 5.28. The van der Waals surface area contributed by atoms with E-state index in [0.29, 0.717) is 17.8 Å². The maximum Gasteiger partial charge on any atom is 0.408 e. The number of nitrogens with zero attached hydrogens (tertiary/aromatic N) is 1. The lowest BCUT2D eigenvalue weighted by atomic mass is 10.3. The van der Waals surface area contributed by atoms with Gasteiger partial charge in [-0.25, -0.2) is 0 Å². The first-order chi connectivity index (χ1) is 7.87. The molecule has 1 heterocycles. The zero-order chi connectivity index (χ0) is 13.3. The second-order valence-corrected chi connectivity index (χ2v) is 5.53. The van der Waals surface area contributed by atoms with Gasteiger partial charge < -0.3 is 10.4 Å². The molecule has 104 valence electrons. The molecule has 0 saturated carbocycles. The molecule has 1 fully saturated rings. The summed E-state index contributed by atoms with van der Waals surface area (Å²) < 4.78 is 31.1. The van der Waals surface area contributed by atoms with E-state index < -0.39 is 10.4 Å². The molecule has 0 aromatic heterocycles. The molecule has 0 aliphatic carbocycles. The van der Waals surface area contributed by atoms with Crippen LogP contribution >= 0.6 is 12.0 Å². The molecule has 1 rings (SSSR count). The molecule has 1 aliphatic heterocycles. The van der Waals surface area contributed by atoms with Crippen LogP contribution in [0.1, 0.15) is 13.8 Å². The molecule has 9 heteroatoms. The number of hydrogen-bond donors (Lipinski definition) is 3. The third-order valence-corrected chi connectivity index (χ3v) is 3.24. The van der Waals surface area contributed by atoms with Crippen molar-refractivity contribution < 1.29 is 21.7 Å². The number of rotatable bonds is 4. The minimum atomic E-state index is -4.22. The SMILES string of the molecule is CC(O)N1CCNCC1.CCSOS(=O)(=O)O. The van der Waals surface area contributed by atoms with Gasteiger partial charge in [0.05, 0.1) is 0 Å². The van der Waals surface area contributed by atoms with E-state index in [4.69, 9.17) is 9.66 Å². The van der Waals surface area contributed by atoms with E-state index in [1.165, 1.54) is 0 Å². The molecule has 17 heavy (non-hydrogen) atoms. The highest BCUT2D eigenvalue weighted by Gasteiger charge is 2.12. The van der Waals surface area contributed by atoms with E-state index >= 15 is 0 Å². The van der Waals surface area contributed by atoms with Gasteiger partial charge in [-0.3, -0.25) is 9.45 Å². The smallest absolute Gasteiger partial charge is 0.379 e. The number of aliphatic hydroxyl groups is 1. The summed E-state index contributed by atoms with van der Waals surface area (Å²) in [5.41, 5.74) is 0. The lowest BCUT2D eigenvalue weighted by Gasteiger charge is -2.29. The fourth-order valence-electron chi connectivity index (χ4n) is 1.16. The second-order valence-electron chi connectivity index (χ2n) is 3.32. The van der Waals surface area contributed by atoms with Crippen LogP contribution < -0.4 is 5.32 Å². The molecule has 0 aromatic rings. The van der Waals surface area contributed by atoms with Gasteiger partial charge in [0.2, 0.25) is 0 Å². The van der Waals surface area contributed by atoms with Crippen molar-refractivity contribution in [2.75, 3.05) is 31.9 Å². The topological polar surface area (TPSA) is 99.1 Å². The van der Waals surface area contributed by atoms with Crippen LogP contribution in [0, 0.1) is 0 Å². The van der Waals surface area contributed by atoms with E-state index in [-0.39, 0.29) is 6.23 Å². The lowest BCUT2D eigenvalue weighted by molar-refractivity contribution is 0.0112. The monoisotopic (exact) mass is 288 g/mol. The molecule has 7 nitrogen and oxygen atoms in total. The molecule has 1 atom stereocenters. The summed E-state index contributed by atoms with van der Waals surface area (Å²) in [7, 11) is -4.22. The number of aliphatic hydroxyl groups excluding tert-OH is 1. The van der Waals surface area contributed by atoms with Crippen molar-refractivity contribution >= 4 is 22.4 Å². The predicted octanol–water partition coefficient (Wildman–Crippen LogP) is -0.296. The first kappa shape index (κ1) is 17.1. The number of piperazine rings is 1. The normalized spacial score (nSPS) is 19.3. The van der Waals surface area contributed by atoms with Crippen molar-refractivity contribution in [2.45, 2.75) is 20.1 Å². The Kier molecular flexibility index (Phi) is 9.14. The number of hydrogen-bond acceptors (Lipinski definition) is 7. The molecule has 1 saturated heterocycles. The highest BCUT2D eigenvalue weighted by molar-refractivity contribution is 8.02. The van der Waals surface area contributed by atoms with Crippen LogP contribution in [-0.4, -0.2) is 61.1 Å². The van der Waals surface area contributed by atoms with E-state index in [0.717, 1.165) is 26.2 Å². The van der Waals surface area contributed by atoms with Crippen molar-refractivity contribution in [3.8, 4) is 0 Å². The van der Waals surface area contributed by atoms with Crippen LogP contribution in [0.5, 0.6) is 0 Å². The summed E-state index contributed by atoms with van der Waals surface area (Å²) in [5, 5.41) is 12.3. The Labute approximate surface area is 107 Å². The highest BCUT2D eigenvalue weighted by atomic mass is 32.3. The predicted molar refractivity (Wildman–Crippen MR) is 66.9 cm³/mol. The van der Waals surface area contributed by atoms with Gasteiger partial charge in [0.15, 0.2) is 0 Å². The summed E-state index contributed by atoms with van der Waals surface area (Å²) in [6.07, 6.45) is -0.271. The van der Waals surface area contributed by atoms with Crippen molar-refractivity contribution in [1.82, 2.24) is 10.2 Å². The third kappa shape index (κ3) is 10.9. The van der Waals surface area contributed by atoms with Crippen LogP contribution in [0.2, 0.25) is 0 Å². The highest BCUT2D eigenvalue weighted by Crippen LogP contribution is 2.04. The van der Waals surface area contributed by atoms with Gasteiger partial charge in [-0.1, -0.05) is 6.92 Å². The molecule has 3 N–H and O–H groups in total. The average molecular weight is 288 g/mol. The third-order valence-electron chi connectivity index (χ3n) is 1.93. The van der Waals surface area contributed by atoms with Gasteiger partial charge in [0, 0.05) is 44.0 Å². The molecule has 0 amide bonds. The van der Waals surface area contributed by atoms with Gasteiger partial charge in [-0.15, -0.1) is 0 Å². The largest absolute Gasteiger partial charge is 0.408 e. The second kappa shape index (κ2) is 9.09. The van der Waals surface area contributed by atoms with Crippen LogP contribution in [0.3, 0.4) is 0 Å². The molecule has 0 spiro atoms. The van der Waals surface area contributed by atoms with Crippen molar-refractivity contribution in [2.24, 2.45) is 0 Å². The van der Waals surface area contributed by atoms with E-state index in [1.807, 2.05) is 6.92 Å². The Morgan fingerprint density at radius 2 is 2.00 bits per heavy atom. The van der Waals surface area contributed by atoms with Gasteiger partial charge in [-0.05, 0) is 6.92 Å². The zero-order valence-corrected chi connectivity index (χ0v) is 11.6. The van der Waals surface area contributed by atoms with E-state index in [2.05, 4.69) is 13.8 Å². The first-order valence-corrected chi connectivity index (χ1v) is 7.55. The minimum absolute atomic E-state index is 0.271. The average Bonchev–Trinajstić information content (AvgIpc) is 2.27. The summed E-state index contributed by atoms with van der Waals surface area (Å²) in [4.78, 5) is 2.05. The van der Waals surface area contributed by atoms with Crippen LogP contribution in [0.15, 0.2) is 0 Å². The molecule has 1 unspecified atom stereocenters. The summed E-state index contributed by atoms with van der Waals surface area (Å²) in [6.45, 7) is 7.46. The van der Waals surface area contributed by atoms with Crippen molar-refractivity contribution in [3.05, 3.63) is 0 Å². The quantitative estimate of drug-likeness (QED) is 0.479. The fourth-order valence-corrected chi connectivity index (χ4v) is 2.04. The Hall–Kier alpha value is 0.1000. The van der Waals surface area contributed by atoms with Gasteiger partial charge in [0.1, 0.15) is 6.23 Å². The maximum absolute atomic E-state index is 9.70. The maximum atomic E-state index is 9.70. The Balaban J connectivity index is 0.000000304. The van der Waals surface area contributed by atoms with Crippen LogP contribution in [0.25, 0.3) is 0 Å². The minimum Gasteiger partial charge on any atom is -0.379 e. The number of nitrogens with one attached hydrogen (secondary N) is 1. The Bertz CT molecular complexity index is 278. The van der Waals surface area contributed by atoms with Crippen LogP contribution in [-0.2, 0) is 14.0 Å². The fraction of sp³-hybridized carbons (Fsp3) is 1.00. The molecule has 0 bridgehead atoms. The Morgan fingerprint density at radius 3 is 2.24 bits per heavy atom. The molecular weight excluding hydrogens is 268 g/mol. The van der Waals surface area contributed by atoms with Crippen LogP contribution in [0.4, 0.5) is 0 Å². The zero-order valence-electron chi connectivity index (χ0n) is 10.00. The lowest BCUT2D eigenvalue weighted by Crippen LogP contribution is -2.47. The van der Waals surface area contributed by atoms with Crippen molar-refractivity contribution in [3.63, 3.8) is 0 Å². The molecular formula is C8H20N2O5S2. The van der Waals surface area contributed by atoms with Gasteiger partial charge in [0.25, 0.3) is 0 Å². The van der Waals surface area contributed by atoms with Gasteiger partial charge in [-0.2, -0.15) is 12.0 Å². The molecule has 0 aromatic carbocycles. The van der Waals surface area contributed by atoms with Gasteiger partial charge >= 0.3 is 10.4 Å². The summed E-state index contributed by atoms with van der Waals surface area (Å²) in [5.74, 6) is 0.486. The van der Waals surface area contributed by atoms with E-state index in [1.54, 1.807) is 6.92 Å². The van der Waals surface area contributed by atoms with E-state index in [9.17, 15) is 8.42 Å². The van der Waals surface area contributed by atoms with Crippen molar-refractivity contribution in [1.29, 1.82) is 0 Å². The summed E-state index contributed by atoms with van der Waals surface area (Å²) >= 11 is 0.677. The molecule has 0 radical (unpaired) electrons. The summed E-state index contributed by atoms with van der Waals surface area (Å²) in [6, 6.07) is 0.